The van der Waals surface area contributed by atoms with Crippen LogP contribution in [0.4, 0.5) is 10.1 Å². The SMILES string of the molecule is Cc1cc(C)c(C(=O)O)cc1NC(=O)CCc1ccc(F)cc1. The number of halogens is 1. The van der Waals surface area contributed by atoms with Crippen LogP contribution in [0.5, 0.6) is 0 Å². The fraction of sp³-hybridized carbons (Fsp3) is 0.222. The van der Waals surface area contributed by atoms with Gasteiger partial charge in [0.1, 0.15) is 5.82 Å². The Morgan fingerprint density at radius 3 is 2.35 bits per heavy atom. The van der Waals surface area contributed by atoms with Crippen molar-refractivity contribution in [3.8, 4) is 0 Å². The van der Waals surface area contributed by atoms with Crippen molar-refractivity contribution in [2.24, 2.45) is 0 Å². The van der Waals surface area contributed by atoms with E-state index in [0.29, 0.717) is 17.7 Å². The van der Waals surface area contributed by atoms with Gasteiger partial charge in [-0.05, 0) is 55.2 Å². The molecule has 0 bridgehead atoms. The second kappa shape index (κ2) is 7.05. The summed E-state index contributed by atoms with van der Waals surface area (Å²) in [6.45, 7) is 3.53. The second-order valence-corrected chi connectivity index (χ2v) is 5.46. The third kappa shape index (κ3) is 4.39. The van der Waals surface area contributed by atoms with Crippen LogP contribution in [0, 0.1) is 19.7 Å². The van der Waals surface area contributed by atoms with E-state index in [1.54, 1.807) is 25.1 Å². The summed E-state index contributed by atoms with van der Waals surface area (Å²) in [7, 11) is 0. The Kier molecular flexibility index (Phi) is 5.11. The first kappa shape index (κ1) is 16.7. The number of aryl methyl sites for hydroxylation is 3. The molecule has 2 aromatic carbocycles. The van der Waals surface area contributed by atoms with E-state index in [0.717, 1.165) is 11.1 Å². The van der Waals surface area contributed by atoms with Crippen molar-refractivity contribution in [1.82, 2.24) is 0 Å². The predicted molar refractivity (Wildman–Crippen MR) is 86.2 cm³/mol. The molecule has 4 nitrogen and oxygen atoms in total. The highest BCUT2D eigenvalue weighted by atomic mass is 19.1. The van der Waals surface area contributed by atoms with Gasteiger partial charge < -0.3 is 10.4 Å². The Hall–Kier alpha value is -2.69. The Balaban J connectivity index is 2.03. The number of anilines is 1. The highest BCUT2D eigenvalue weighted by molar-refractivity contribution is 5.95. The number of nitrogens with one attached hydrogen (secondary N) is 1. The number of amides is 1. The van der Waals surface area contributed by atoms with Crippen molar-refractivity contribution >= 4 is 17.6 Å². The number of carbonyl (C=O) groups is 2. The molecule has 0 radical (unpaired) electrons. The summed E-state index contributed by atoms with van der Waals surface area (Å²) in [5.74, 6) is -1.54. The highest BCUT2D eigenvalue weighted by Gasteiger charge is 2.12. The van der Waals surface area contributed by atoms with Crippen molar-refractivity contribution in [3.05, 3.63) is 64.5 Å². The zero-order valence-electron chi connectivity index (χ0n) is 13.0. The van der Waals surface area contributed by atoms with Crippen LogP contribution < -0.4 is 5.32 Å². The quantitative estimate of drug-likeness (QED) is 0.884. The molecule has 0 aliphatic carbocycles. The molecule has 0 saturated carbocycles. The molecule has 2 aromatic rings. The van der Waals surface area contributed by atoms with Gasteiger partial charge in [0, 0.05) is 12.1 Å². The van der Waals surface area contributed by atoms with Gasteiger partial charge in [-0.3, -0.25) is 4.79 Å². The molecule has 5 heteroatoms. The van der Waals surface area contributed by atoms with Crippen LogP contribution in [0.2, 0.25) is 0 Å². The Morgan fingerprint density at radius 2 is 1.74 bits per heavy atom. The molecule has 0 aliphatic rings. The Morgan fingerprint density at radius 1 is 1.09 bits per heavy atom. The molecule has 0 heterocycles. The largest absolute Gasteiger partial charge is 0.478 e. The normalized spacial score (nSPS) is 10.4. The standard InChI is InChI=1S/C18H18FNO3/c1-11-9-12(2)16(10-15(11)18(22)23)20-17(21)8-5-13-3-6-14(19)7-4-13/h3-4,6-7,9-10H,5,8H2,1-2H3,(H,20,21)(H,22,23). The number of benzene rings is 2. The first-order chi connectivity index (χ1) is 10.9. The van der Waals surface area contributed by atoms with Crippen molar-refractivity contribution < 1.29 is 19.1 Å². The summed E-state index contributed by atoms with van der Waals surface area (Å²) in [6.07, 6.45) is 0.726. The van der Waals surface area contributed by atoms with E-state index in [1.165, 1.54) is 18.2 Å². The van der Waals surface area contributed by atoms with Gasteiger partial charge in [0.2, 0.25) is 5.91 Å². The van der Waals surface area contributed by atoms with Crippen LogP contribution in [0.3, 0.4) is 0 Å². The molecule has 0 unspecified atom stereocenters. The van der Waals surface area contributed by atoms with Crippen molar-refractivity contribution in [3.63, 3.8) is 0 Å². The van der Waals surface area contributed by atoms with Crippen LogP contribution >= 0.6 is 0 Å². The maximum absolute atomic E-state index is 12.8. The summed E-state index contributed by atoms with van der Waals surface area (Å²) in [4.78, 5) is 23.2. The third-order valence-electron chi connectivity index (χ3n) is 3.63. The minimum Gasteiger partial charge on any atom is -0.478 e. The smallest absolute Gasteiger partial charge is 0.336 e. The summed E-state index contributed by atoms with van der Waals surface area (Å²) >= 11 is 0. The van der Waals surface area contributed by atoms with E-state index < -0.39 is 5.97 Å². The van der Waals surface area contributed by atoms with Gasteiger partial charge in [-0.15, -0.1) is 0 Å². The molecule has 0 aliphatic heterocycles. The van der Waals surface area contributed by atoms with E-state index in [9.17, 15) is 14.0 Å². The van der Waals surface area contributed by atoms with Gasteiger partial charge in [-0.1, -0.05) is 18.2 Å². The summed E-state index contributed by atoms with van der Waals surface area (Å²) in [5, 5.41) is 11.9. The van der Waals surface area contributed by atoms with E-state index in [1.807, 2.05) is 6.92 Å². The van der Waals surface area contributed by atoms with Gasteiger partial charge in [-0.25, -0.2) is 9.18 Å². The molecule has 2 N–H and O–H groups in total. The number of hydrogen-bond donors (Lipinski definition) is 2. The molecule has 0 saturated heterocycles. The first-order valence-corrected chi connectivity index (χ1v) is 7.25. The minimum absolute atomic E-state index is 0.171. The number of carboxylic acids is 1. The van der Waals surface area contributed by atoms with Crippen molar-refractivity contribution in [2.75, 3.05) is 5.32 Å². The molecule has 1 amide bonds. The van der Waals surface area contributed by atoms with Gasteiger partial charge in [0.15, 0.2) is 0 Å². The number of carboxylic acid groups (broad SMARTS) is 1. The fourth-order valence-corrected chi connectivity index (χ4v) is 2.34. The number of hydrogen-bond acceptors (Lipinski definition) is 2. The first-order valence-electron chi connectivity index (χ1n) is 7.25. The lowest BCUT2D eigenvalue weighted by atomic mass is 10.0. The van der Waals surface area contributed by atoms with Crippen LogP contribution in [0.25, 0.3) is 0 Å². The third-order valence-corrected chi connectivity index (χ3v) is 3.63. The van der Waals surface area contributed by atoms with Crippen LogP contribution in [0.1, 0.15) is 33.5 Å². The van der Waals surface area contributed by atoms with Crippen LogP contribution in [-0.4, -0.2) is 17.0 Å². The Bertz CT molecular complexity index is 739. The second-order valence-electron chi connectivity index (χ2n) is 5.46. The minimum atomic E-state index is -1.02. The molecule has 0 fully saturated rings. The zero-order chi connectivity index (χ0) is 17.0. The predicted octanol–water partition coefficient (Wildman–Crippen LogP) is 3.71. The number of rotatable bonds is 5. The van der Waals surface area contributed by atoms with Gasteiger partial charge in [0.05, 0.1) is 5.56 Å². The molecule has 0 aromatic heterocycles. The molecule has 120 valence electrons. The number of aromatic carboxylic acids is 1. The summed E-state index contributed by atoms with van der Waals surface area (Å²) in [6, 6.07) is 9.21. The van der Waals surface area contributed by atoms with E-state index >= 15 is 0 Å². The molecular formula is C18H18FNO3. The molecule has 0 atom stereocenters. The van der Waals surface area contributed by atoms with Crippen LogP contribution in [-0.2, 0) is 11.2 Å². The summed E-state index contributed by atoms with van der Waals surface area (Å²) < 4.78 is 12.8. The van der Waals surface area contributed by atoms with E-state index in [-0.39, 0.29) is 23.7 Å². The van der Waals surface area contributed by atoms with Gasteiger partial charge in [-0.2, -0.15) is 0 Å². The molecular weight excluding hydrogens is 297 g/mol. The van der Waals surface area contributed by atoms with Gasteiger partial charge in [0.25, 0.3) is 0 Å². The highest BCUT2D eigenvalue weighted by Crippen LogP contribution is 2.21. The summed E-state index contributed by atoms with van der Waals surface area (Å²) in [5.41, 5.74) is 3.00. The monoisotopic (exact) mass is 315 g/mol. The van der Waals surface area contributed by atoms with E-state index in [4.69, 9.17) is 5.11 Å². The number of carbonyl (C=O) groups excluding carboxylic acids is 1. The Labute approximate surface area is 134 Å². The average Bonchev–Trinajstić information content (AvgIpc) is 2.49. The maximum atomic E-state index is 12.8. The average molecular weight is 315 g/mol. The van der Waals surface area contributed by atoms with E-state index in [2.05, 4.69) is 5.32 Å². The maximum Gasteiger partial charge on any atom is 0.336 e. The van der Waals surface area contributed by atoms with Gasteiger partial charge >= 0.3 is 5.97 Å². The van der Waals surface area contributed by atoms with Crippen LogP contribution in [0.15, 0.2) is 36.4 Å². The lowest BCUT2D eigenvalue weighted by molar-refractivity contribution is -0.116. The van der Waals surface area contributed by atoms with Crippen molar-refractivity contribution in [2.45, 2.75) is 26.7 Å². The molecule has 2 rings (SSSR count). The molecule has 0 spiro atoms. The lowest BCUT2D eigenvalue weighted by Gasteiger charge is -2.11. The van der Waals surface area contributed by atoms with Crippen molar-refractivity contribution in [1.29, 1.82) is 0 Å². The lowest BCUT2D eigenvalue weighted by Crippen LogP contribution is -2.14. The molecule has 23 heavy (non-hydrogen) atoms. The topological polar surface area (TPSA) is 66.4 Å². The zero-order valence-corrected chi connectivity index (χ0v) is 13.0. The fourth-order valence-electron chi connectivity index (χ4n) is 2.34.